The molecule has 0 fully saturated rings. The largest absolute Gasteiger partial charge is 0.305 e. The van der Waals surface area contributed by atoms with Crippen LogP contribution in [-0.2, 0) is 16.4 Å². The highest BCUT2D eigenvalue weighted by atomic mass is 79.9. The highest BCUT2D eigenvalue weighted by Gasteiger charge is 2.13. The van der Waals surface area contributed by atoms with E-state index in [0.717, 1.165) is 16.2 Å². The van der Waals surface area contributed by atoms with E-state index in [9.17, 15) is 13.2 Å². The molecule has 0 radical (unpaired) electrons. The van der Waals surface area contributed by atoms with Crippen molar-refractivity contribution in [2.75, 3.05) is 6.26 Å². The second-order valence-electron chi connectivity index (χ2n) is 5.50. The quantitative estimate of drug-likeness (QED) is 0.577. The van der Waals surface area contributed by atoms with Gasteiger partial charge in [-0.15, -0.1) is 6.42 Å². The number of benzene rings is 2. The van der Waals surface area contributed by atoms with Crippen LogP contribution in [0.15, 0.2) is 56.8 Å². The van der Waals surface area contributed by atoms with Gasteiger partial charge in [-0.3, -0.25) is 4.79 Å². The summed E-state index contributed by atoms with van der Waals surface area (Å²) in [6, 6.07) is 11.7. The zero-order valence-electron chi connectivity index (χ0n) is 13.6. The lowest BCUT2D eigenvalue weighted by atomic mass is 10.2. The lowest BCUT2D eigenvalue weighted by Gasteiger charge is -2.01. The van der Waals surface area contributed by atoms with E-state index >= 15 is 0 Å². The number of hydrogen-bond donors (Lipinski definition) is 0. The third-order valence-corrected chi connectivity index (χ3v) is 6.25. The van der Waals surface area contributed by atoms with Gasteiger partial charge in [-0.2, -0.15) is 4.99 Å². The number of amides is 1. The third kappa shape index (κ3) is 3.80. The zero-order chi connectivity index (χ0) is 18.9. The van der Waals surface area contributed by atoms with Crippen LogP contribution in [0.4, 0.5) is 0 Å². The molecule has 8 heteroatoms. The molecule has 2 aromatic carbocycles. The fourth-order valence-corrected chi connectivity index (χ4v) is 4.57. The van der Waals surface area contributed by atoms with Gasteiger partial charge < -0.3 is 4.57 Å². The van der Waals surface area contributed by atoms with Gasteiger partial charge in [0.2, 0.25) is 0 Å². The molecule has 0 saturated heterocycles. The van der Waals surface area contributed by atoms with Crippen LogP contribution < -0.4 is 4.80 Å². The highest BCUT2D eigenvalue weighted by molar-refractivity contribution is 9.10. The number of carbonyl (C=O) groups is 1. The fraction of sp³-hybridized carbons (Fsp3) is 0.111. The van der Waals surface area contributed by atoms with E-state index in [0.29, 0.717) is 15.1 Å². The van der Waals surface area contributed by atoms with Crippen molar-refractivity contribution in [1.29, 1.82) is 0 Å². The van der Waals surface area contributed by atoms with E-state index in [1.807, 2.05) is 6.07 Å². The number of nitrogens with zero attached hydrogens (tertiary/aromatic N) is 2. The zero-order valence-corrected chi connectivity index (χ0v) is 16.9. The fourth-order valence-electron chi connectivity index (χ4n) is 2.39. The highest BCUT2D eigenvalue weighted by Crippen LogP contribution is 2.22. The van der Waals surface area contributed by atoms with Crippen LogP contribution >= 0.6 is 27.3 Å². The first kappa shape index (κ1) is 18.6. The van der Waals surface area contributed by atoms with Crippen molar-refractivity contribution >= 4 is 53.2 Å². The topological polar surface area (TPSA) is 68.5 Å². The molecule has 0 aliphatic rings. The van der Waals surface area contributed by atoms with Crippen molar-refractivity contribution in [3.8, 4) is 12.3 Å². The summed E-state index contributed by atoms with van der Waals surface area (Å²) >= 11 is 4.56. The predicted molar refractivity (Wildman–Crippen MR) is 106 cm³/mol. The maximum absolute atomic E-state index is 12.5. The average molecular weight is 449 g/mol. The first-order valence-electron chi connectivity index (χ1n) is 7.41. The molecule has 0 unspecified atom stereocenters. The smallest absolute Gasteiger partial charge is 0.279 e. The lowest BCUT2D eigenvalue weighted by molar-refractivity contribution is 0.0998. The van der Waals surface area contributed by atoms with E-state index in [-0.39, 0.29) is 11.4 Å². The number of thiazole rings is 1. The van der Waals surface area contributed by atoms with Crippen LogP contribution in [0.1, 0.15) is 10.4 Å². The first-order valence-corrected chi connectivity index (χ1v) is 10.9. The van der Waals surface area contributed by atoms with Crippen molar-refractivity contribution in [3.63, 3.8) is 0 Å². The van der Waals surface area contributed by atoms with E-state index < -0.39 is 15.7 Å². The Morgan fingerprint density at radius 1 is 1.31 bits per heavy atom. The maximum atomic E-state index is 12.5. The molecule has 1 heterocycles. The normalized spacial score (nSPS) is 12.3. The Morgan fingerprint density at radius 2 is 2.08 bits per heavy atom. The molecule has 3 aromatic rings. The van der Waals surface area contributed by atoms with Gasteiger partial charge in [0.25, 0.3) is 5.91 Å². The Balaban J connectivity index is 2.19. The molecule has 0 atom stereocenters. The van der Waals surface area contributed by atoms with Crippen LogP contribution in [0.5, 0.6) is 0 Å². The molecule has 132 valence electrons. The lowest BCUT2D eigenvalue weighted by Crippen LogP contribution is -2.16. The molecule has 0 bridgehead atoms. The number of hydrogen-bond acceptors (Lipinski definition) is 4. The van der Waals surface area contributed by atoms with Crippen LogP contribution in [0.3, 0.4) is 0 Å². The Labute approximate surface area is 163 Å². The van der Waals surface area contributed by atoms with E-state index in [2.05, 4.69) is 26.8 Å². The number of carbonyl (C=O) groups excluding carboxylic acids is 1. The number of sulfone groups is 1. The van der Waals surface area contributed by atoms with Crippen molar-refractivity contribution in [2.24, 2.45) is 4.99 Å². The van der Waals surface area contributed by atoms with Crippen molar-refractivity contribution in [2.45, 2.75) is 11.4 Å². The van der Waals surface area contributed by atoms with Crippen molar-refractivity contribution < 1.29 is 13.2 Å². The molecule has 5 nitrogen and oxygen atoms in total. The first-order chi connectivity index (χ1) is 12.3. The number of halogens is 1. The minimum absolute atomic E-state index is 0.212. The van der Waals surface area contributed by atoms with Crippen LogP contribution in [0.2, 0.25) is 0 Å². The summed E-state index contributed by atoms with van der Waals surface area (Å²) in [5, 5.41) is 0. The minimum atomic E-state index is -3.33. The van der Waals surface area contributed by atoms with Gasteiger partial charge in [-0.25, -0.2) is 8.42 Å². The second kappa shape index (κ2) is 7.19. The molecule has 0 aliphatic heterocycles. The Hall–Kier alpha value is -2.21. The monoisotopic (exact) mass is 448 g/mol. The molecule has 26 heavy (non-hydrogen) atoms. The molecule has 0 N–H and O–H groups in total. The molecule has 3 rings (SSSR count). The molecular formula is C18H13BrN2O3S2. The van der Waals surface area contributed by atoms with Gasteiger partial charge in [0.1, 0.15) is 0 Å². The number of rotatable bonds is 3. The second-order valence-corrected chi connectivity index (χ2v) is 9.44. The predicted octanol–water partition coefficient (Wildman–Crippen LogP) is 3.24. The van der Waals surface area contributed by atoms with Crippen molar-refractivity contribution in [3.05, 3.63) is 57.3 Å². The molecule has 1 amide bonds. The number of terminal acetylenes is 1. The summed E-state index contributed by atoms with van der Waals surface area (Å²) in [5.41, 5.74) is 1.18. The van der Waals surface area contributed by atoms with E-state index in [1.54, 1.807) is 34.9 Å². The summed E-state index contributed by atoms with van der Waals surface area (Å²) in [6.45, 7) is 0.225. The standard InChI is InChI=1S/C18H13BrN2O3S2/c1-3-9-21-15-8-7-14(26(2,23)24)11-16(15)25-18(21)20-17(22)12-5-4-6-13(19)10-12/h1,4-8,10-11H,9H2,2H3. The molecular weight excluding hydrogens is 436 g/mol. The maximum Gasteiger partial charge on any atom is 0.279 e. The average Bonchev–Trinajstić information content (AvgIpc) is 2.91. The van der Waals surface area contributed by atoms with Crippen LogP contribution in [0.25, 0.3) is 10.2 Å². The molecule has 0 aliphatic carbocycles. The third-order valence-electron chi connectivity index (χ3n) is 3.60. The summed E-state index contributed by atoms with van der Waals surface area (Å²) in [7, 11) is -3.33. The van der Waals surface area contributed by atoms with Crippen LogP contribution in [-0.4, -0.2) is 25.1 Å². The Bertz CT molecular complexity index is 1230. The summed E-state index contributed by atoms with van der Waals surface area (Å²) < 4.78 is 26.7. The van der Waals surface area contributed by atoms with Gasteiger partial charge >= 0.3 is 0 Å². The summed E-state index contributed by atoms with van der Waals surface area (Å²) in [6.07, 6.45) is 6.60. The minimum Gasteiger partial charge on any atom is -0.305 e. The van der Waals surface area contributed by atoms with Gasteiger partial charge in [0.05, 0.1) is 21.7 Å². The Morgan fingerprint density at radius 3 is 2.73 bits per heavy atom. The molecule has 0 saturated carbocycles. The van der Waals surface area contributed by atoms with Gasteiger partial charge in [-0.05, 0) is 36.4 Å². The van der Waals surface area contributed by atoms with E-state index in [1.165, 1.54) is 17.4 Å². The van der Waals surface area contributed by atoms with Gasteiger partial charge in [-0.1, -0.05) is 39.3 Å². The van der Waals surface area contributed by atoms with Gasteiger partial charge in [0.15, 0.2) is 14.6 Å². The summed E-state index contributed by atoms with van der Waals surface area (Å²) in [5.74, 6) is 2.15. The van der Waals surface area contributed by atoms with Gasteiger partial charge in [0, 0.05) is 16.3 Å². The van der Waals surface area contributed by atoms with Crippen molar-refractivity contribution in [1.82, 2.24) is 4.57 Å². The van der Waals surface area contributed by atoms with Crippen LogP contribution in [0, 0.1) is 12.3 Å². The molecule has 0 spiro atoms. The van der Waals surface area contributed by atoms with E-state index in [4.69, 9.17) is 6.42 Å². The molecule has 1 aromatic heterocycles. The summed E-state index contributed by atoms with van der Waals surface area (Å²) in [4.78, 5) is 17.3. The number of fused-ring (bicyclic) bond motifs is 1. The number of aromatic nitrogens is 1. The Kier molecular flexibility index (Phi) is 5.14. The SMILES string of the molecule is C#CCn1c(=NC(=O)c2cccc(Br)c2)sc2cc(S(C)(=O)=O)ccc21.